The van der Waals surface area contributed by atoms with Gasteiger partial charge in [-0.05, 0) is 17.9 Å². The quantitative estimate of drug-likeness (QED) is 0.874. The molecule has 5 heteroatoms. The highest BCUT2D eigenvalue weighted by atomic mass is 16.5. The van der Waals surface area contributed by atoms with Crippen molar-refractivity contribution in [2.24, 2.45) is 5.92 Å². The van der Waals surface area contributed by atoms with Crippen LogP contribution in [0.25, 0.3) is 10.8 Å². The molecule has 1 aromatic heterocycles. The van der Waals surface area contributed by atoms with Gasteiger partial charge in [-0.3, -0.25) is 9.59 Å². The fraction of sp³-hybridized carbons (Fsp3) is 0.444. The van der Waals surface area contributed by atoms with Gasteiger partial charge < -0.3 is 14.6 Å². The Hall–Kier alpha value is -2.14. The van der Waals surface area contributed by atoms with Crippen LogP contribution in [-0.4, -0.2) is 35.0 Å². The first-order chi connectivity index (χ1) is 11.1. The lowest BCUT2D eigenvalue weighted by atomic mass is 9.92. The SMILES string of the molecule is CC(=O)N1CCC(C2Cc3[nH]c(=O)c4ccccc4c3CO2)C1. The topological polar surface area (TPSA) is 62.4 Å². The van der Waals surface area contributed by atoms with Crippen LogP contribution in [0.3, 0.4) is 0 Å². The molecule has 2 aliphatic rings. The Morgan fingerprint density at radius 1 is 1.30 bits per heavy atom. The summed E-state index contributed by atoms with van der Waals surface area (Å²) in [5.74, 6) is 0.477. The zero-order valence-corrected chi connectivity index (χ0v) is 13.2. The van der Waals surface area contributed by atoms with E-state index in [9.17, 15) is 9.59 Å². The van der Waals surface area contributed by atoms with Crippen molar-refractivity contribution in [1.29, 1.82) is 0 Å². The van der Waals surface area contributed by atoms with Crippen LogP contribution in [0.15, 0.2) is 29.1 Å². The molecule has 2 aliphatic heterocycles. The number of benzene rings is 1. The summed E-state index contributed by atoms with van der Waals surface area (Å²) in [6.45, 7) is 3.70. The van der Waals surface area contributed by atoms with E-state index in [0.717, 1.165) is 41.5 Å². The fourth-order valence-electron chi connectivity index (χ4n) is 3.86. The van der Waals surface area contributed by atoms with Crippen LogP contribution in [-0.2, 0) is 22.6 Å². The second-order valence-electron chi connectivity index (χ2n) is 6.52. The average Bonchev–Trinajstić information content (AvgIpc) is 3.05. The molecule has 0 radical (unpaired) electrons. The summed E-state index contributed by atoms with van der Waals surface area (Å²) in [6.07, 6.45) is 1.76. The molecular weight excluding hydrogens is 292 g/mol. The van der Waals surface area contributed by atoms with Crippen molar-refractivity contribution < 1.29 is 9.53 Å². The van der Waals surface area contributed by atoms with Crippen molar-refractivity contribution in [3.63, 3.8) is 0 Å². The summed E-state index contributed by atoms with van der Waals surface area (Å²) in [5.41, 5.74) is 2.06. The third-order valence-electron chi connectivity index (χ3n) is 5.17. The molecule has 23 heavy (non-hydrogen) atoms. The molecule has 4 rings (SSSR count). The number of ether oxygens (including phenoxy) is 1. The van der Waals surface area contributed by atoms with Crippen molar-refractivity contribution in [3.8, 4) is 0 Å². The number of hydrogen-bond donors (Lipinski definition) is 1. The van der Waals surface area contributed by atoms with Gasteiger partial charge in [0.15, 0.2) is 0 Å². The largest absolute Gasteiger partial charge is 0.373 e. The molecule has 1 aromatic carbocycles. The van der Waals surface area contributed by atoms with Crippen LogP contribution in [0.4, 0.5) is 0 Å². The Balaban J connectivity index is 1.63. The first kappa shape index (κ1) is 14.5. The summed E-state index contributed by atoms with van der Waals surface area (Å²) < 4.78 is 6.10. The zero-order valence-electron chi connectivity index (χ0n) is 13.2. The predicted octanol–water partition coefficient (Wildman–Crippen LogP) is 1.84. The van der Waals surface area contributed by atoms with Gasteiger partial charge in [0.2, 0.25) is 5.91 Å². The van der Waals surface area contributed by atoms with Gasteiger partial charge >= 0.3 is 0 Å². The van der Waals surface area contributed by atoms with E-state index in [2.05, 4.69) is 4.98 Å². The van der Waals surface area contributed by atoms with E-state index < -0.39 is 0 Å². The van der Waals surface area contributed by atoms with Crippen molar-refractivity contribution in [3.05, 3.63) is 45.9 Å². The van der Waals surface area contributed by atoms with Gasteiger partial charge in [0.05, 0.1) is 12.7 Å². The van der Waals surface area contributed by atoms with Crippen LogP contribution < -0.4 is 5.56 Å². The Morgan fingerprint density at radius 2 is 2.09 bits per heavy atom. The summed E-state index contributed by atoms with van der Waals surface area (Å²) in [7, 11) is 0. The number of carbonyl (C=O) groups excluding carboxylic acids is 1. The lowest BCUT2D eigenvalue weighted by Gasteiger charge is -2.30. The minimum atomic E-state index is -0.0308. The summed E-state index contributed by atoms with van der Waals surface area (Å²) in [4.78, 5) is 28.7. The number of fused-ring (bicyclic) bond motifs is 3. The summed E-state index contributed by atoms with van der Waals surface area (Å²) in [5, 5.41) is 1.71. The predicted molar refractivity (Wildman–Crippen MR) is 87.2 cm³/mol. The number of likely N-dealkylation sites (tertiary alicyclic amines) is 1. The van der Waals surface area contributed by atoms with Gasteiger partial charge in [-0.25, -0.2) is 0 Å². The average molecular weight is 312 g/mol. The Labute approximate surface area is 134 Å². The molecular formula is C18H20N2O3. The van der Waals surface area contributed by atoms with Gasteiger partial charge in [-0.15, -0.1) is 0 Å². The molecule has 120 valence electrons. The molecule has 2 aromatic rings. The number of carbonyl (C=O) groups is 1. The molecule has 3 heterocycles. The van der Waals surface area contributed by atoms with Crippen LogP contribution in [0.5, 0.6) is 0 Å². The molecule has 0 saturated carbocycles. The lowest BCUT2D eigenvalue weighted by molar-refractivity contribution is -0.128. The summed E-state index contributed by atoms with van der Waals surface area (Å²) in [6, 6.07) is 7.67. The Bertz CT molecular complexity index is 827. The number of pyridine rings is 1. The van der Waals surface area contributed by atoms with Crippen molar-refractivity contribution in [2.75, 3.05) is 13.1 Å². The maximum atomic E-state index is 12.3. The maximum Gasteiger partial charge on any atom is 0.256 e. The van der Waals surface area contributed by atoms with E-state index in [1.165, 1.54) is 0 Å². The zero-order chi connectivity index (χ0) is 16.0. The number of H-pyrrole nitrogens is 1. The number of amides is 1. The molecule has 2 unspecified atom stereocenters. The maximum absolute atomic E-state index is 12.3. The highest BCUT2D eigenvalue weighted by molar-refractivity contribution is 5.85. The van der Waals surface area contributed by atoms with Crippen molar-refractivity contribution in [2.45, 2.75) is 32.5 Å². The Kier molecular flexibility index (Phi) is 3.45. The molecule has 5 nitrogen and oxygen atoms in total. The van der Waals surface area contributed by atoms with E-state index in [-0.39, 0.29) is 17.6 Å². The smallest absolute Gasteiger partial charge is 0.256 e. The second-order valence-corrected chi connectivity index (χ2v) is 6.52. The molecule has 0 spiro atoms. The molecule has 1 N–H and O–H groups in total. The van der Waals surface area contributed by atoms with Gasteiger partial charge in [0.25, 0.3) is 5.56 Å². The van der Waals surface area contributed by atoms with Crippen LogP contribution >= 0.6 is 0 Å². The van der Waals surface area contributed by atoms with E-state index in [1.807, 2.05) is 29.2 Å². The van der Waals surface area contributed by atoms with Crippen molar-refractivity contribution >= 4 is 16.7 Å². The number of nitrogens with zero attached hydrogens (tertiary/aromatic N) is 1. The molecule has 0 bridgehead atoms. The van der Waals surface area contributed by atoms with Crippen LogP contribution in [0.2, 0.25) is 0 Å². The third kappa shape index (κ3) is 2.45. The Morgan fingerprint density at radius 3 is 2.83 bits per heavy atom. The van der Waals surface area contributed by atoms with Crippen LogP contribution in [0.1, 0.15) is 24.6 Å². The van der Waals surface area contributed by atoms with E-state index >= 15 is 0 Å². The molecule has 1 amide bonds. The lowest BCUT2D eigenvalue weighted by Crippen LogP contribution is -2.35. The van der Waals surface area contributed by atoms with Gasteiger partial charge in [-0.1, -0.05) is 18.2 Å². The minimum absolute atomic E-state index is 0.0308. The number of aromatic nitrogens is 1. The van der Waals surface area contributed by atoms with Gasteiger partial charge in [0, 0.05) is 49.0 Å². The highest BCUT2D eigenvalue weighted by Crippen LogP contribution is 2.31. The van der Waals surface area contributed by atoms with Crippen molar-refractivity contribution in [1.82, 2.24) is 9.88 Å². The number of aromatic amines is 1. The van der Waals surface area contributed by atoms with E-state index in [1.54, 1.807) is 6.92 Å². The first-order valence-corrected chi connectivity index (χ1v) is 8.13. The third-order valence-corrected chi connectivity index (χ3v) is 5.17. The van der Waals surface area contributed by atoms with Gasteiger partial charge in [0.1, 0.15) is 0 Å². The molecule has 2 atom stereocenters. The normalized spacial score (nSPS) is 24.0. The standard InChI is InChI=1S/C18H20N2O3/c1-11(21)20-7-6-12(9-20)17-8-16-15(10-23-17)13-4-2-3-5-14(13)18(22)19-16/h2-5,12,17H,6-10H2,1H3,(H,19,22). The number of nitrogens with one attached hydrogen (secondary N) is 1. The molecule has 0 aliphatic carbocycles. The monoisotopic (exact) mass is 312 g/mol. The first-order valence-electron chi connectivity index (χ1n) is 8.13. The number of hydrogen-bond acceptors (Lipinski definition) is 3. The van der Waals surface area contributed by atoms with E-state index in [0.29, 0.717) is 18.9 Å². The fourth-order valence-corrected chi connectivity index (χ4v) is 3.86. The second kappa shape index (κ2) is 5.49. The highest BCUT2D eigenvalue weighted by Gasteiger charge is 2.34. The van der Waals surface area contributed by atoms with Crippen LogP contribution in [0, 0.1) is 5.92 Å². The minimum Gasteiger partial charge on any atom is -0.373 e. The van der Waals surface area contributed by atoms with Gasteiger partial charge in [-0.2, -0.15) is 0 Å². The molecule has 1 saturated heterocycles. The van der Waals surface area contributed by atoms with E-state index in [4.69, 9.17) is 4.74 Å². The number of rotatable bonds is 1. The summed E-state index contributed by atoms with van der Waals surface area (Å²) >= 11 is 0. The molecule has 1 fully saturated rings.